The maximum absolute atomic E-state index is 11.3. The number of hydrogen-bond donors (Lipinski definition) is 1. The standard InChI is InChI=1S/C10H13NO2S/c1-9(11)7-8-14(12)13-10-5-3-2-4-6-10/h2-6,11H,7-8H2,1H3. The highest BCUT2D eigenvalue weighted by Gasteiger charge is 2.02. The predicted molar refractivity (Wildman–Crippen MR) is 58.1 cm³/mol. The summed E-state index contributed by atoms with van der Waals surface area (Å²) in [5.74, 6) is 0.984. The maximum Gasteiger partial charge on any atom is 0.206 e. The minimum absolute atomic E-state index is 0.379. The minimum atomic E-state index is -1.33. The number of hydrogen-bond acceptors (Lipinski definition) is 3. The molecule has 0 aliphatic rings. The fourth-order valence-electron chi connectivity index (χ4n) is 0.861. The molecule has 0 radical (unpaired) electrons. The van der Waals surface area contributed by atoms with Crippen LogP contribution in [-0.2, 0) is 11.1 Å². The summed E-state index contributed by atoms with van der Waals surface area (Å²) in [6, 6.07) is 9.05. The first kappa shape index (κ1) is 10.9. The normalized spacial score (nSPS) is 12.1. The van der Waals surface area contributed by atoms with Crippen LogP contribution in [0.5, 0.6) is 5.75 Å². The zero-order chi connectivity index (χ0) is 10.4. The highest BCUT2D eigenvalue weighted by Crippen LogP contribution is 2.10. The van der Waals surface area contributed by atoms with Gasteiger partial charge >= 0.3 is 0 Å². The molecule has 0 bridgehead atoms. The van der Waals surface area contributed by atoms with Gasteiger partial charge in [0, 0.05) is 5.71 Å². The lowest BCUT2D eigenvalue weighted by Crippen LogP contribution is -2.07. The van der Waals surface area contributed by atoms with E-state index in [0.29, 0.717) is 23.6 Å². The third kappa shape index (κ3) is 4.18. The van der Waals surface area contributed by atoms with Gasteiger partial charge in [-0.15, -0.1) is 0 Å². The molecule has 0 fully saturated rings. The van der Waals surface area contributed by atoms with Crippen LogP contribution in [0.2, 0.25) is 0 Å². The summed E-state index contributed by atoms with van der Waals surface area (Å²) in [5, 5.41) is 7.18. The lowest BCUT2D eigenvalue weighted by molar-refractivity contribution is 0.562. The first-order valence-electron chi connectivity index (χ1n) is 4.34. The van der Waals surface area contributed by atoms with Gasteiger partial charge in [0.1, 0.15) is 5.75 Å². The summed E-state index contributed by atoms with van der Waals surface area (Å²) < 4.78 is 16.4. The third-order valence-corrected chi connectivity index (χ3v) is 2.49. The van der Waals surface area contributed by atoms with Crippen molar-refractivity contribution in [3.63, 3.8) is 0 Å². The number of para-hydroxylation sites is 1. The molecule has 1 atom stereocenters. The van der Waals surface area contributed by atoms with Crippen LogP contribution < -0.4 is 4.18 Å². The summed E-state index contributed by atoms with van der Waals surface area (Å²) in [4.78, 5) is 0. The topological polar surface area (TPSA) is 50.2 Å². The zero-order valence-corrected chi connectivity index (χ0v) is 8.84. The van der Waals surface area contributed by atoms with E-state index in [2.05, 4.69) is 0 Å². The van der Waals surface area contributed by atoms with Gasteiger partial charge in [0.25, 0.3) is 0 Å². The fraction of sp³-hybridized carbons (Fsp3) is 0.300. The molecule has 0 spiro atoms. The van der Waals surface area contributed by atoms with Crippen LogP contribution in [0.25, 0.3) is 0 Å². The molecule has 0 heterocycles. The SMILES string of the molecule is CC(=N)CCS(=O)Oc1ccccc1. The van der Waals surface area contributed by atoms with Crippen LogP contribution >= 0.6 is 0 Å². The lowest BCUT2D eigenvalue weighted by Gasteiger charge is -2.03. The molecule has 1 aromatic rings. The van der Waals surface area contributed by atoms with Crippen molar-refractivity contribution in [2.45, 2.75) is 13.3 Å². The number of rotatable bonds is 5. The lowest BCUT2D eigenvalue weighted by atomic mass is 10.3. The first-order chi connectivity index (χ1) is 6.68. The van der Waals surface area contributed by atoms with E-state index >= 15 is 0 Å². The van der Waals surface area contributed by atoms with E-state index in [-0.39, 0.29) is 0 Å². The molecule has 4 heteroatoms. The highest BCUT2D eigenvalue weighted by atomic mass is 32.2. The molecule has 0 amide bonds. The van der Waals surface area contributed by atoms with E-state index in [1.54, 1.807) is 19.1 Å². The van der Waals surface area contributed by atoms with Gasteiger partial charge in [-0.25, -0.2) is 4.21 Å². The van der Waals surface area contributed by atoms with E-state index in [4.69, 9.17) is 9.59 Å². The number of nitrogens with one attached hydrogen (secondary N) is 1. The maximum atomic E-state index is 11.3. The van der Waals surface area contributed by atoms with Crippen LogP contribution in [0.15, 0.2) is 30.3 Å². The average Bonchev–Trinajstić information content (AvgIpc) is 2.16. The highest BCUT2D eigenvalue weighted by molar-refractivity contribution is 7.80. The zero-order valence-electron chi connectivity index (χ0n) is 8.03. The van der Waals surface area contributed by atoms with Crippen molar-refractivity contribution in [1.82, 2.24) is 0 Å². The van der Waals surface area contributed by atoms with Gasteiger partial charge < -0.3 is 9.59 Å². The molecule has 1 N–H and O–H groups in total. The number of benzene rings is 1. The van der Waals surface area contributed by atoms with Gasteiger partial charge in [-0.3, -0.25) is 0 Å². The van der Waals surface area contributed by atoms with Crippen LogP contribution in [0.4, 0.5) is 0 Å². The Hall–Kier alpha value is -1.16. The molecular weight excluding hydrogens is 198 g/mol. The molecule has 0 aromatic heterocycles. The second-order valence-corrected chi connectivity index (χ2v) is 4.12. The summed E-state index contributed by atoms with van der Waals surface area (Å²) in [6.45, 7) is 1.69. The van der Waals surface area contributed by atoms with Crippen molar-refractivity contribution in [1.29, 1.82) is 5.41 Å². The van der Waals surface area contributed by atoms with Crippen molar-refractivity contribution in [3.8, 4) is 5.75 Å². The molecule has 76 valence electrons. The Morgan fingerprint density at radius 3 is 2.64 bits per heavy atom. The first-order valence-corrected chi connectivity index (χ1v) is 5.58. The largest absolute Gasteiger partial charge is 0.401 e. The predicted octanol–water partition coefficient (Wildman–Crippen LogP) is 2.16. The van der Waals surface area contributed by atoms with Gasteiger partial charge in [-0.1, -0.05) is 18.2 Å². The van der Waals surface area contributed by atoms with Crippen molar-refractivity contribution < 1.29 is 8.39 Å². The summed E-state index contributed by atoms with van der Waals surface area (Å²) >= 11 is -1.33. The van der Waals surface area contributed by atoms with Crippen molar-refractivity contribution >= 4 is 16.8 Å². The molecule has 1 rings (SSSR count). The van der Waals surface area contributed by atoms with Crippen LogP contribution in [0.3, 0.4) is 0 Å². The molecule has 0 saturated heterocycles. The van der Waals surface area contributed by atoms with E-state index in [0.717, 1.165) is 0 Å². The van der Waals surface area contributed by atoms with E-state index in [9.17, 15) is 4.21 Å². The van der Waals surface area contributed by atoms with E-state index in [1.807, 2.05) is 18.2 Å². The Kier molecular flexibility index (Phi) is 4.32. The smallest absolute Gasteiger partial charge is 0.206 e. The molecular formula is C10H13NO2S. The Labute approximate surface area is 86.3 Å². The molecule has 0 aliphatic heterocycles. The quantitative estimate of drug-likeness (QED) is 0.759. The second-order valence-electron chi connectivity index (χ2n) is 2.93. The van der Waals surface area contributed by atoms with E-state index in [1.165, 1.54) is 0 Å². The van der Waals surface area contributed by atoms with Gasteiger partial charge in [0.05, 0.1) is 5.75 Å². The van der Waals surface area contributed by atoms with Gasteiger partial charge in [0.15, 0.2) is 0 Å². The summed E-state index contributed by atoms with van der Waals surface area (Å²) in [6.07, 6.45) is 0.513. The fourth-order valence-corrected chi connectivity index (χ4v) is 1.74. The van der Waals surface area contributed by atoms with E-state index < -0.39 is 11.1 Å². The molecule has 1 unspecified atom stereocenters. The average molecular weight is 211 g/mol. The van der Waals surface area contributed by atoms with Gasteiger partial charge in [-0.2, -0.15) is 0 Å². The Balaban J connectivity index is 2.38. The Morgan fingerprint density at radius 2 is 2.07 bits per heavy atom. The van der Waals surface area contributed by atoms with Crippen LogP contribution in [0, 0.1) is 5.41 Å². The monoisotopic (exact) mass is 211 g/mol. The minimum Gasteiger partial charge on any atom is -0.401 e. The molecule has 0 aliphatic carbocycles. The van der Waals surface area contributed by atoms with Crippen molar-refractivity contribution in [2.75, 3.05) is 5.75 Å². The molecule has 14 heavy (non-hydrogen) atoms. The van der Waals surface area contributed by atoms with Crippen LogP contribution in [-0.4, -0.2) is 15.7 Å². The molecule has 1 aromatic carbocycles. The third-order valence-electron chi connectivity index (χ3n) is 1.58. The second kappa shape index (κ2) is 5.54. The van der Waals surface area contributed by atoms with Crippen molar-refractivity contribution in [3.05, 3.63) is 30.3 Å². The van der Waals surface area contributed by atoms with Gasteiger partial charge in [0.2, 0.25) is 11.1 Å². The van der Waals surface area contributed by atoms with Crippen molar-refractivity contribution in [2.24, 2.45) is 0 Å². The van der Waals surface area contributed by atoms with Gasteiger partial charge in [-0.05, 0) is 25.5 Å². The molecule has 0 saturated carbocycles. The molecule has 3 nitrogen and oxygen atoms in total. The van der Waals surface area contributed by atoms with Crippen LogP contribution in [0.1, 0.15) is 13.3 Å². The summed E-state index contributed by atoms with van der Waals surface area (Å²) in [5.41, 5.74) is 0.523. The Bertz CT molecular complexity index is 324. The summed E-state index contributed by atoms with van der Waals surface area (Å²) in [7, 11) is 0. The Morgan fingerprint density at radius 1 is 1.43 bits per heavy atom.